The standard InChI is InChI=1S/C21H23FN2O2S/c1-15-5-3-4-6-20(15)27-14-21(26)24-11-9-23(10-12-24)19-8-7-17(16(2)25)13-18(19)22/h3-8,13H,9-12,14H2,1-2H3. The molecular weight excluding hydrogens is 363 g/mol. The van der Waals surface area contributed by atoms with Crippen molar-refractivity contribution in [3.63, 3.8) is 0 Å². The molecule has 0 aliphatic carbocycles. The van der Waals surface area contributed by atoms with E-state index in [1.807, 2.05) is 41.0 Å². The van der Waals surface area contributed by atoms with Crippen molar-refractivity contribution in [3.8, 4) is 0 Å². The molecule has 1 saturated heterocycles. The number of benzene rings is 2. The summed E-state index contributed by atoms with van der Waals surface area (Å²) in [5.41, 5.74) is 2.03. The largest absolute Gasteiger partial charge is 0.366 e. The zero-order valence-corrected chi connectivity index (χ0v) is 16.4. The molecule has 0 saturated carbocycles. The van der Waals surface area contributed by atoms with Gasteiger partial charge in [0.05, 0.1) is 11.4 Å². The third kappa shape index (κ3) is 4.69. The van der Waals surface area contributed by atoms with E-state index in [2.05, 4.69) is 0 Å². The highest BCUT2D eigenvalue weighted by atomic mass is 32.2. The number of anilines is 1. The molecule has 0 radical (unpaired) electrons. The smallest absolute Gasteiger partial charge is 0.233 e. The van der Waals surface area contributed by atoms with Gasteiger partial charge >= 0.3 is 0 Å². The zero-order valence-electron chi connectivity index (χ0n) is 15.6. The predicted molar refractivity (Wildman–Crippen MR) is 107 cm³/mol. The van der Waals surface area contributed by atoms with Crippen LogP contribution in [-0.4, -0.2) is 48.5 Å². The molecule has 0 N–H and O–H groups in total. The minimum atomic E-state index is -0.391. The molecular formula is C21H23FN2O2S. The highest BCUT2D eigenvalue weighted by molar-refractivity contribution is 8.00. The maximum absolute atomic E-state index is 14.3. The maximum Gasteiger partial charge on any atom is 0.233 e. The summed E-state index contributed by atoms with van der Waals surface area (Å²) in [6, 6.07) is 12.6. The monoisotopic (exact) mass is 386 g/mol. The molecule has 2 aromatic carbocycles. The maximum atomic E-state index is 14.3. The number of carbonyl (C=O) groups excluding carboxylic acids is 2. The number of ketones is 1. The van der Waals surface area contributed by atoms with Crippen LogP contribution in [0, 0.1) is 12.7 Å². The average Bonchev–Trinajstić information content (AvgIpc) is 2.67. The van der Waals surface area contributed by atoms with Crippen molar-refractivity contribution >= 4 is 29.1 Å². The first kappa shape index (κ1) is 19.4. The molecule has 27 heavy (non-hydrogen) atoms. The van der Waals surface area contributed by atoms with Gasteiger partial charge in [-0.3, -0.25) is 9.59 Å². The number of aryl methyl sites for hydroxylation is 1. The second kappa shape index (κ2) is 8.57. The molecule has 142 valence electrons. The van der Waals surface area contributed by atoms with Gasteiger partial charge in [0.25, 0.3) is 0 Å². The van der Waals surface area contributed by atoms with Crippen LogP contribution in [0.15, 0.2) is 47.4 Å². The number of carbonyl (C=O) groups is 2. The van der Waals surface area contributed by atoms with Crippen molar-refractivity contribution in [1.82, 2.24) is 4.90 Å². The predicted octanol–water partition coefficient (Wildman–Crippen LogP) is 3.78. The Morgan fingerprint density at radius 2 is 1.78 bits per heavy atom. The number of rotatable bonds is 5. The molecule has 0 bridgehead atoms. The van der Waals surface area contributed by atoms with Crippen LogP contribution in [0.3, 0.4) is 0 Å². The summed E-state index contributed by atoms with van der Waals surface area (Å²) >= 11 is 1.56. The minimum Gasteiger partial charge on any atom is -0.366 e. The van der Waals surface area contributed by atoms with Gasteiger partial charge in [-0.25, -0.2) is 4.39 Å². The lowest BCUT2D eigenvalue weighted by Crippen LogP contribution is -2.49. The van der Waals surface area contributed by atoms with Gasteiger partial charge in [-0.05, 0) is 43.7 Å². The first-order chi connectivity index (χ1) is 13.0. The van der Waals surface area contributed by atoms with Crippen molar-refractivity contribution in [2.24, 2.45) is 0 Å². The van der Waals surface area contributed by atoms with E-state index < -0.39 is 5.82 Å². The molecule has 4 nitrogen and oxygen atoms in total. The van der Waals surface area contributed by atoms with Crippen molar-refractivity contribution in [2.75, 3.05) is 36.8 Å². The molecule has 0 aromatic heterocycles. The summed E-state index contributed by atoms with van der Waals surface area (Å²) in [7, 11) is 0. The topological polar surface area (TPSA) is 40.6 Å². The summed E-state index contributed by atoms with van der Waals surface area (Å²) in [6.07, 6.45) is 0. The third-order valence-electron chi connectivity index (χ3n) is 4.77. The lowest BCUT2D eigenvalue weighted by atomic mass is 10.1. The van der Waals surface area contributed by atoms with Gasteiger partial charge in [-0.15, -0.1) is 11.8 Å². The van der Waals surface area contributed by atoms with Crippen LogP contribution in [0.1, 0.15) is 22.8 Å². The highest BCUT2D eigenvalue weighted by Gasteiger charge is 2.23. The van der Waals surface area contributed by atoms with Crippen molar-refractivity contribution in [2.45, 2.75) is 18.7 Å². The summed E-state index contributed by atoms with van der Waals surface area (Å²) in [6.45, 7) is 5.77. The fourth-order valence-electron chi connectivity index (χ4n) is 3.13. The Hall–Kier alpha value is -2.34. The van der Waals surface area contributed by atoms with Gasteiger partial charge < -0.3 is 9.80 Å². The fraction of sp³-hybridized carbons (Fsp3) is 0.333. The van der Waals surface area contributed by atoms with Crippen molar-refractivity contribution in [3.05, 3.63) is 59.4 Å². The summed E-state index contributed by atoms with van der Waals surface area (Å²) < 4.78 is 14.3. The Bertz CT molecular complexity index is 848. The number of hydrogen-bond acceptors (Lipinski definition) is 4. The number of thioether (sulfide) groups is 1. The van der Waals surface area contributed by atoms with E-state index in [1.54, 1.807) is 23.9 Å². The highest BCUT2D eigenvalue weighted by Crippen LogP contribution is 2.24. The number of Topliss-reactive ketones (excluding diaryl/α,β-unsaturated/α-hetero) is 1. The van der Waals surface area contributed by atoms with Crippen molar-refractivity contribution < 1.29 is 14.0 Å². The molecule has 2 aromatic rings. The lowest BCUT2D eigenvalue weighted by molar-refractivity contribution is -0.128. The van der Waals surface area contributed by atoms with Crippen LogP contribution in [0.25, 0.3) is 0 Å². The first-order valence-corrected chi connectivity index (χ1v) is 9.96. The Morgan fingerprint density at radius 3 is 2.41 bits per heavy atom. The lowest BCUT2D eigenvalue weighted by Gasteiger charge is -2.36. The number of halogens is 1. The normalized spacial score (nSPS) is 14.3. The van der Waals surface area contributed by atoms with E-state index in [4.69, 9.17) is 0 Å². The van der Waals surface area contributed by atoms with Crippen LogP contribution in [0.4, 0.5) is 10.1 Å². The first-order valence-electron chi connectivity index (χ1n) is 8.97. The Balaban J connectivity index is 1.55. The molecule has 1 fully saturated rings. The fourth-order valence-corrected chi connectivity index (χ4v) is 4.06. The van der Waals surface area contributed by atoms with Gasteiger partial charge in [0.15, 0.2) is 5.78 Å². The van der Waals surface area contributed by atoms with Crippen LogP contribution >= 0.6 is 11.8 Å². The van der Waals surface area contributed by atoms with Gasteiger partial charge in [0.1, 0.15) is 5.82 Å². The Labute approximate surface area is 163 Å². The Morgan fingerprint density at radius 1 is 1.07 bits per heavy atom. The quantitative estimate of drug-likeness (QED) is 0.579. The second-order valence-corrected chi connectivity index (χ2v) is 7.66. The summed E-state index contributed by atoms with van der Waals surface area (Å²) in [5, 5.41) is 0. The average molecular weight is 386 g/mol. The molecule has 0 atom stereocenters. The van der Waals surface area contributed by atoms with Gasteiger partial charge in [-0.2, -0.15) is 0 Å². The summed E-state index contributed by atoms with van der Waals surface area (Å²) in [5.74, 6) is -0.0260. The van der Waals surface area contributed by atoms with Crippen LogP contribution in [-0.2, 0) is 4.79 Å². The van der Waals surface area contributed by atoms with Crippen LogP contribution in [0.2, 0.25) is 0 Å². The van der Waals surface area contributed by atoms with E-state index in [0.29, 0.717) is 43.2 Å². The minimum absolute atomic E-state index is 0.107. The third-order valence-corrected chi connectivity index (χ3v) is 5.93. The molecule has 3 rings (SSSR count). The molecule has 1 heterocycles. The van der Waals surface area contributed by atoms with Gasteiger partial charge in [-0.1, -0.05) is 18.2 Å². The second-order valence-electron chi connectivity index (χ2n) is 6.64. The van der Waals surface area contributed by atoms with E-state index >= 15 is 0 Å². The number of hydrogen-bond donors (Lipinski definition) is 0. The zero-order chi connectivity index (χ0) is 19.4. The molecule has 0 unspecified atom stereocenters. The summed E-state index contributed by atoms with van der Waals surface area (Å²) in [4.78, 5) is 28.7. The molecule has 1 amide bonds. The Kier molecular flexibility index (Phi) is 6.16. The van der Waals surface area contributed by atoms with Gasteiger partial charge in [0, 0.05) is 36.6 Å². The van der Waals surface area contributed by atoms with Crippen LogP contribution in [0.5, 0.6) is 0 Å². The van der Waals surface area contributed by atoms with E-state index in [0.717, 1.165) is 4.90 Å². The SMILES string of the molecule is CC(=O)c1ccc(N2CCN(C(=O)CSc3ccccc3C)CC2)c(F)c1. The van der Waals surface area contributed by atoms with E-state index in [9.17, 15) is 14.0 Å². The van der Waals surface area contributed by atoms with Crippen molar-refractivity contribution in [1.29, 1.82) is 0 Å². The molecule has 1 aliphatic heterocycles. The van der Waals surface area contributed by atoms with Gasteiger partial charge in [0.2, 0.25) is 5.91 Å². The molecule has 6 heteroatoms. The van der Waals surface area contributed by atoms with Crippen LogP contribution < -0.4 is 4.90 Å². The number of nitrogens with zero attached hydrogens (tertiary/aromatic N) is 2. The van der Waals surface area contributed by atoms with E-state index in [1.165, 1.54) is 18.6 Å². The molecule has 1 aliphatic rings. The number of piperazine rings is 1. The van der Waals surface area contributed by atoms with E-state index in [-0.39, 0.29) is 11.7 Å². The number of amides is 1. The molecule has 0 spiro atoms.